The molecule has 0 aliphatic carbocycles. The molecule has 0 spiro atoms. The molecule has 2 N–H and O–H groups in total. The molecule has 2 aromatic carbocycles. The number of hydrogen-bond acceptors (Lipinski definition) is 6. The van der Waals surface area contributed by atoms with Gasteiger partial charge in [-0.3, -0.25) is 4.79 Å². The molecule has 0 bridgehead atoms. The molecule has 7 heteroatoms. The number of thiazole rings is 1. The molecule has 1 heterocycles. The van der Waals surface area contributed by atoms with Gasteiger partial charge in [0.2, 0.25) is 0 Å². The number of hydrogen-bond donors (Lipinski definition) is 2. The van der Waals surface area contributed by atoms with Gasteiger partial charge in [-0.2, -0.15) is 0 Å². The molecule has 3 aromatic rings. The summed E-state index contributed by atoms with van der Waals surface area (Å²) in [5.74, 6) is 1.06. The van der Waals surface area contributed by atoms with Crippen molar-refractivity contribution in [1.29, 1.82) is 0 Å². The number of carbonyl (C=O) groups excluding carboxylic acids is 1. The number of carbonyl (C=O) groups is 1. The fourth-order valence-electron chi connectivity index (χ4n) is 2.42. The van der Waals surface area contributed by atoms with Crippen molar-refractivity contribution in [2.75, 3.05) is 31.9 Å². The van der Waals surface area contributed by atoms with E-state index >= 15 is 0 Å². The molecular weight excluding hydrogens is 350 g/mol. The summed E-state index contributed by atoms with van der Waals surface area (Å²) in [6.07, 6.45) is 0. The summed E-state index contributed by atoms with van der Waals surface area (Å²) in [6, 6.07) is 12.5. The SMILES string of the molecule is CNc1nc(-c2ccc(OC)c(NC(=O)c3ccc(OC)cc3)c2)cs1. The summed E-state index contributed by atoms with van der Waals surface area (Å²) >= 11 is 1.52. The van der Waals surface area contributed by atoms with E-state index in [0.717, 1.165) is 16.4 Å². The standard InChI is InChI=1S/C19H19N3O3S/c1-20-19-22-16(11-26-19)13-6-9-17(25-3)15(10-13)21-18(23)12-4-7-14(24-2)8-5-12/h4-11H,1-3H3,(H,20,22)(H,21,23). The fraction of sp³-hybridized carbons (Fsp3) is 0.158. The first-order valence-electron chi connectivity index (χ1n) is 7.91. The maximum Gasteiger partial charge on any atom is 0.255 e. The molecule has 0 fully saturated rings. The highest BCUT2D eigenvalue weighted by Crippen LogP contribution is 2.32. The van der Waals surface area contributed by atoms with Gasteiger partial charge in [0, 0.05) is 23.6 Å². The Morgan fingerprint density at radius 3 is 2.46 bits per heavy atom. The Morgan fingerprint density at radius 2 is 1.85 bits per heavy atom. The topological polar surface area (TPSA) is 72.5 Å². The lowest BCUT2D eigenvalue weighted by molar-refractivity contribution is 0.102. The molecule has 26 heavy (non-hydrogen) atoms. The first-order valence-corrected chi connectivity index (χ1v) is 8.79. The van der Waals surface area contributed by atoms with Gasteiger partial charge >= 0.3 is 0 Å². The first-order chi connectivity index (χ1) is 12.6. The van der Waals surface area contributed by atoms with Crippen LogP contribution in [0.15, 0.2) is 47.8 Å². The number of aromatic nitrogens is 1. The lowest BCUT2D eigenvalue weighted by Gasteiger charge is -2.12. The lowest BCUT2D eigenvalue weighted by Crippen LogP contribution is -2.12. The van der Waals surface area contributed by atoms with E-state index in [1.54, 1.807) is 38.5 Å². The van der Waals surface area contributed by atoms with Crippen molar-refractivity contribution in [1.82, 2.24) is 4.98 Å². The molecule has 3 rings (SSSR count). The average molecular weight is 369 g/mol. The molecule has 0 saturated heterocycles. The number of nitrogens with one attached hydrogen (secondary N) is 2. The Kier molecular flexibility index (Phi) is 5.38. The predicted octanol–water partition coefficient (Wildman–Crippen LogP) is 4.12. The van der Waals surface area contributed by atoms with Crippen molar-refractivity contribution in [3.05, 3.63) is 53.4 Å². The van der Waals surface area contributed by atoms with Crippen molar-refractivity contribution >= 4 is 28.1 Å². The Hall–Kier alpha value is -3.06. The number of anilines is 2. The zero-order valence-corrected chi connectivity index (χ0v) is 15.5. The zero-order valence-electron chi connectivity index (χ0n) is 14.7. The minimum absolute atomic E-state index is 0.225. The second-order valence-electron chi connectivity index (χ2n) is 5.39. The Labute approximate surface area is 155 Å². The van der Waals surface area contributed by atoms with Crippen molar-refractivity contribution in [3.8, 4) is 22.8 Å². The second-order valence-corrected chi connectivity index (χ2v) is 6.24. The van der Waals surface area contributed by atoms with Crippen molar-refractivity contribution in [2.45, 2.75) is 0 Å². The monoisotopic (exact) mass is 369 g/mol. The lowest BCUT2D eigenvalue weighted by atomic mass is 10.1. The van der Waals surface area contributed by atoms with Crippen LogP contribution in [0.1, 0.15) is 10.4 Å². The van der Waals surface area contributed by atoms with Crippen LogP contribution in [0.2, 0.25) is 0 Å². The third-order valence-electron chi connectivity index (χ3n) is 3.81. The van der Waals surface area contributed by atoms with Gasteiger partial charge < -0.3 is 20.1 Å². The molecule has 0 unspecified atom stereocenters. The zero-order chi connectivity index (χ0) is 18.5. The van der Waals surface area contributed by atoms with E-state index in [1.165, 1.54) is 11.3 Å². The van der Waals surface area contributed by atoms with E-state index < -0.39 is 0 Å². The molecule has 0 atom stereocenters. The maximum atomic E-state index is 12.5. The highest BCUT2D eigenvalue weighted by atomic mass is 32.1. The molecule has 0 saturated carbocycles. The number of benzene rings is 2. The minimum Gasteiger partial charge on any atom is -0.497 e. The quantitative estimate of drug-likeness (QED) is 0.684. The van der Waals surface area contributed by atoms with E-state index in [-0.39, 0.29) is 5.91 Å². The Balaban J connectivity index is 1.87. The summed E-state index contributed by atoms with van der Waals surface area (Å²) in [7, 11) is 4.99. The number of methoxy groups -OCH3 is 2. The van der Waals surface area contributed by atoms with Gasteiger partial charge in [0.1, 0.15) is 11.5 Å². The minimum atomic E-state index is -0.225. The van der Waals surface area contributed by atoms with E-state index in [0.29, 0.717) is 22.7 Å². The summed E-state index contributed by atoms with van der Waals surface area (Å²) in [6.45, 7) is 0. The molecule has 0 aliphatic rings. The van der Waals surface area contributed by atoms with Crippen LogP contribution >= 0.6 is 11.3 Å². The van der Waals surface area contributed by atoms with Crippen LogP contribution in [0.3, 0.4) is 0 Å². The van der Waals surface area contributed by atoms with Gasteiger partial charge in [-0.15, -0.1) is 11.3 Å². The highest BCUT2D eigenvalue weighted by molar-refractivity contribution is 7.14. The van der Waals surface area contributed by atoms with Crippen LogP contribution in [-0.4, -0.2) is 32.2 Å². The summed E-state index contributed by atoms with van der Waals surface area (Å²) < 4.78 is 10.5. The molecule has 0 radical (unpaired) electrons. The highest BCUT2D eigenvalue weighted by Gasteiger charge is 2.13. The Bertz CT molecular complexity index is 907. The Morgan fingerprint density at radius 1 is 1.08 bits per heavy atom. The average Bonchev–Trinajstić information content (AvgIpc) is 3.17. The van der Waals surface area contributed by atoms with Crippen molar-refractivity contribution < 1.29 is 14.3 Å². The fourth-order valence-corrected chi connectivity index (χ4v) is 3.10. The normalized spacial score (nSPS) is 10.3. The third-order valence-corrected chi connectivity index (χ3v) is 4.67. The molecule has 0 aliphatic heterocycles. The molecule has 1 aromatic heterocycles. The van der Waals surface area contributed by atoms with Crippen LogP contribution in [0, 0.1) is 0 Å². The van der Waals surface area contributed by atoms with Crippen LogP contribution in [0.5, 0.6) is 11.5 Å². The van der Waals surface area contributed by atoms with Crippen LogP contribution in [0.4, 0.5) is 10.8 Å². The van der Waals surface area contributed by atoms with Gasteiger partial charge in [0.15, 0.2) is 5.13 Å². The van der Waals surface area contributed by atoms with E-state index in [4.69, 9.17) is 9.47 Å². The van der Waals surface area contributed by atoms with E-state index in [2.05, 4.69) is 15.6 Å². The molecular formula is C19H19N3O3S. The predicted molar refractivity (Wildman–Crippen MR) is 105 cm³/mol. The molecule has 6 nitrogen and oxygen atoms in total. The van der Waals surface area contributed by atoms with Crippen molar-refractivity contribution in [2.24, 2.45) is 0 Å². The first kappa shape index (κ1) is 17.8. The van der Waals surface area contributed by atoms with Gasteiger partial charge in [0.05, 0.1) is 25.6 Å². The number of rotatable bonds is 6. The van der Waals surface area contributed by atoms with Gasteiger partial charge in [0.25, 0.3) is 5.91 Å². The summed E-state index contributed by atoms with van der Waals surface area (Å²) in [5.41, 5.74) is 2.85. The van der Waals surface area contributed by atoms with Gasteiger partial charge in [-0.25, -0.2) is 4.98 Å². The van der Waals surface area contributed by atoms with E-state index in [1.807, 2.05) is 30.6 Å². The van der Waals surface area contributed by atoms with Crippen LogP contribution in [0.25, 0.3) is 11.3 Å². The van der Waals surface area contributed by atoms with E-state index in [9.17, 15) is 4.79 Å². The van der Waals surface area contributed by atoms with Gasteiger partial charge in [-0.1, -0.05) is 0 Å². The number of amides is 1. The molecule has 1 amide bonds. The summed E-state index contributed by atoms with van der Waals surface area (Å²) in [5, 5.41) is 8.72. The van der Waals surface area contributed by atoms with Crippen LogP contribution < -0.4 is 20.1 Å². The van der Waals surface area contributed by atoms with Crippen LogP contribution in [-0.2, 0) is 0 Å². The summed E-state index contributed by atoms with van der Waals surface area (Å²) in [4.78, 5) is 17.0. The number of nitrogens with zero attached hydrogens (tertiary/aromatic N) is 1. The largest absolute Gasteiger partial charge is 0.497 e. The third kappa shape index (κ3) is 3.78. The van der Waals surface area contributed by atoms with Gasteiger partial charge in [-0.05, 0) is 42.5 Å². The second kappa shape index (κ2) is 7.88. The van der Waals surface area contributed by atoms with Crippen molar-refractivity contribution in [3.63, 3.8) is 0 Å². The number of ether oxygens (including phenoxy) is 2. The molecule has 134 valence electrons. The smallest absolute Gasteiger partial charge is 0.255 e. The maximum absolute atomic E-state index is 12.5.